The van der Waals surface area contributed by atoms with Crippen LogP contribution in [0.15, 0.2) is 18.5 Å². The van der Waals surface area contributed by atoms with Gasteiger partial charge in [0, 0.05) is 37.0 Å². The van der Waals surface area contributed by atoms with E-state index in [1.54, 1.807) is 17.3 Å². The Morgan fingerprint density at radius 3 is 2.90 bits per heavy atom. The molecule has 108 valence electrons. The molecule has 0 unspecified atom stereocenters. The molecule has 0 aromatic carbocycles. The van der Waals surface area contributed by atoms with Gasteiger partial charge < -0.3 is 15.7 Å². The Labute approximate surface area is 122 Å². The molecule has 0 fully saturated rings. The number of nitrogen functional groups attached to an aromatic ring is 1. The van der Waals surface area contributed by atoms with Crippen molar-refractivity contribution in [3.63, 3.8) is 0 Å². The lowest BCUT2D eigenvalue weighted by molar-refractivity contribution is 0.0699. The highest BCUT2D eigenvalue weighted by atomic mass is 32.1. The zero-order chi connectivity index (χ0) is 14.7. The summed E-state index contributed by atoms with van der Waals surface area (Å²) >= 11 is 1.37. The molecule has 2 rings (SSSR count). The normalized spacial score (nSPS) is 11.2. The summed E-state index contributed by atoms with van der Waals surface area (Å²) in [7, 11) is 0. The summed E-state index contributed by atoms with van der Waals surface area (Å²) in [5.41, 5.74) is 6.61. The number of thiophene rings is 1. The summed E-state index contributed by atoms with van der Waals surface area (Å²) in [4.78, 5) is 19.0. The van der Waals surface area contributed by atoms with Gasteiger partial charge in [0.25, 0.3) is 5.91 Å². The van der Waals surface area contributed by atoms with Gasteiger partial charge in [-0.2, -0.15) is 0 Å². The van der Waals surface area contributed by atoms with Gasteiger partial charge in [0.05, 0.1) is 10.4 Å². The second-order valence-electron chi connectivity index (χ2n) is 4.89. The molecule has 3 N–H and O–H groups in total. The zero-order valence-electron chi connectivity index (χ0n) is 11.7. The number of hydrogen-bond acceptors (Lipinski definition) is 5. The number of carbonyl (C=O) groups excluding carboxylic acids is 1. The van der Waals surface area contributed by atoms with E-state index in [0.717, 1.165) is 10.1 Å². The van der Waals surface area contributed by atoms with Crippen LogP contribution in [-0.2, 0) is 0 Å². The SMILES string of the molecule is CC(C)N(CCCO)C(=O)c1sc2cnccc2c1N. The average molecular weight is 293 g/mol. The maximum atomic E-state index is 12.6. The van der Waals surface area contributed by atoms with Crippen molar-refractivity contribution in [3.8, 4) is 0 Å². The summed E-state index contributed by atoms with van der Waals surface area (Å²) in [6, 6.07) is 1.89. The molecule has 0 bridgehead atoms. The van der Waals surface area contributed by atoms with E-state index in [9.17, 15) is 4.79 Å². The van der Waals surface area contributed by atoms with E-state index in [1.807, 2.05) is 19.9 Å². The minimum atomic E-state index is -0.0767. The summed E-state index contributed by atoms with van der Waals surface area (Å²) in [5, 5.41) is 9.82. The quantitative estimate of drug-likeness (QED) is 0.885. The van der Waals surface area contributed by atoms with Crippen LogP contribution in [0, 0.1) is 0 Å². The molecule has 2 aromatic rings. The van der Waals surface area contributed by atoms with Gasteiger partial charge >= 0.3 is 0 Å². The first-order valence-electron chi connectivity index (χ1n) is 6.60. The lowest BCUT2D eigenvalue weighted by atomic mass is 10.2. The highest BCUT2D eigenvalue weighted by molar-refractivity contribution is 7.21. The first-order chi connectivity index (χ1) is 9.56. The van der Waals surface area contributed by atoms with E-state index in [4.69, 9.17) is 10.8 Å². The molecule has 0 aliphatic rings. The molecule has 20 heavy (non-hydrogen) atoms. The number of aliphatic hydroxyl groups is 1. The van der Waals surface area contributed by atoms with Crippen LogP contribution in [-0.4, -0.2) is 40.1 Å². The number of aliphatic hydroxyl groups excluding tert-OH is 1. The smallest absolute Gasteiger partial charge is 0.266 e. The summed E-state index contributed by atoms with van der Waals surface area (Å²) in [6.07, 6.45) is 3.96. The molecule has 0 saturated heterocycles. The van der Waals surface area contributed by atoms with Gasteiger partial charge in [-0.3, -0.25) is 9.78 Å². The Morgan fingerprint density at radius 2 is 2.30 bits per heavy atom. The van der Waals surface area contributed by atoms with E-state index >= 15 is 0 Å². The Bertz CT molecular complexity index is 609. The van der Waals surface area contributed by atoms with E-state index in [1.165, 1.54) is 11.3 Å². The number of aromatic nitrogens is 1. The maximum Gasteiger partial charge on any atom is 0.266 e. The predicted octanol–water partition coefficient (Wildman–Crippen LogP) is 2.11. The molecule has 1 amide bonds. The van der Waals surface area contributed by atoms with Crippen LogP contribution in [0.25, 0.3) is 10.1 Å². The summed E-state index contributed by atoms with van der Waals surface area (Å²) in [6.45, 7) is 4.52. The molecular weight excluding hydrogens is 274 g/mol. The van der Waals surface area contributed by atoms with Crippen LogP contribution >= 0.6 is 11.3 Å². The van der Waals surface area contributed by atoms with Gasteiger partial charge in [0.15, 0.2) is 0 Å². The Morgan fingerprint density at radius 1 is 1.55 bits per heavy atom. The van der Waals surface area contributed by atoms with Gasteiger partial charge in [-0.15, -0.1) is 11.3 Å². The van der Waals surface area contributed by atoms with Gasteiger partial charge in [0.2, 0.25) is 0 Å². The molecule has 0 aliphatic heterocycles. The number of carbonyl (C=O) groups is 1. The lowest BCUT2D eigenvalue weighted by Gasteiger charge is -2.26. The first-order valence-corrected chi connectivity index (χ1v) is 7.41. The number of nitrogens with zero attached hydrogens (tertiary/aromatic N) is 2. The molecule has 5 nitrogen and oxygen atoms in total. The molecular formula is C14H19N3O2S. The largest absolute Gasteiger partial charge is 0.397 e. The average Bonchev–Trinajstić information content (AvgIpc) is 2.76. The molecule has 2 aromatic heterocycles. The number of pyridine rings is 1. The minimum absolute atomic E-state index is 0.0665. The van der Waals surface area contributed by atoms with Crippen LogP contribution in [0.4, 0.5) is 5.69 Å². The van der Waals surface area contributed by atoms with Crippen molar-refractivity contribution in [2.75, 3.05) is 18.9 Å². The van der Waals surface area contributed by atoms with Crippen LogP contribution in [0.1, 0.15) is 29.9 Å². The Kier molecular flexibility index (Phi) is 4.57. The minimum Gasteiger partial charge on any atom is -0.397 e. The third-order valence-corrected chi connectivity index (χ3v) is 4.31. The number of fused-ring (bicyclic) bond motifs is 1. The van der Waals surface area contributed by atoms with Crippen LogP contribution in [0.3, 0.4) is 0 Å². The second kappa shape index (κ2) is 6.19. The van der Waals surface area contributed by atoms with Gasteiger partial charge in [-0.05, 0) is 26.3 Å². The lowest BCUT2D eigenvalue weighted by Crippen LogP contribution is -2.37. The number of amides is 1. The molecule has 0 aliphatic carbocycles. The van der Waals surface area contributed by atoms with Crippen LogP contribution < -0.4 is 5.73 Å². The third kappa shape index (κ3) is 2.76. The van der Waals surface area contributed by atoms with Gasteiger partial charge in [-0.1, -0.05) is 0 Å². The Hall–Kier alpha value is -1.66. The van der Waals surface area contributed by atoms with Crippen molar-refractivity contribution >= 4 is 33.0 Å². The number of rotatable bonds is 5. The number of nitrogens with two attached hydrogens (primary N) is 1. The van der Waals surface area contributed by atoms with Crippen LogP contribution in [0.2, 0.25) is 0 Å². The van der Waals surface area contributed by atoms with Crippen molar-refractivity contribution in [1.29, 1.82) is 0 Å². The summed E-state index contributed by atoms with van der Waals surface area (Å²) < 4.78 is 0.916. The molecule has 0 radical (unpaired) electrons. The van der Waals surface area contributed by atoms with Gasteiger partial charge in [-0.25, -0.2) is 0 Å². The van der Waals surface area contributed by atoms with Crippen molar-refractivity contribution in [2.24, 2.45) is 0 Å². The molecule has 2 heterocycles. The highest BCUT2D eigenvalue weighted by Gasteiger charge is 2.23. The molecule has 0 saturated carbocycles. The predicted molar refractivity (Wildman–Crippen MR) is 81.9 cm³/mol. The van der Waals surface area contributed by atoms with Crippen molar-refractivity contribution < 1.29 is 9.90 Å². The third-order valence-electron chi connectivity index (χ3n) is 3.17. The van der Waals surface area contributed by atoms with Crippen molar-refractivity contribution in [2.45, 2.75) is 26.3 Å². The first kappa shape index (κ1) is 14.7. The molecule has 0 spiro atoms. The number of hydrogen-bond donors (Lipinski definition) is 2. The van der Waals surface area contributed by atoms with E-state index in [0.29, 0.717) is 23.5 Å². The van der Waals surface area contributed by atoms with Gasteiger partial charge in [0.1, 0.15) is 4.88 Å². The fraction of sp³-hybridized carbons (Fsp3) is 0.429. The highest BCUT2D eigenvalue weighted by Crippen LogP contribution is 2.33. The van der Waals surface area contributed by atoms with E-state index < -0.39 is 0 Å². The topological polar surface area (TPSA) is 79.5 Å². The Balaban J connectivity index is 2.36. The van der Waals surface area contributed by atoms with Crippen LogP contribution in [0.5, 0.6) is 0 Å². The second-order valence-corrected chi connectivity index (χ2v) is 5.94. The van der Waals surface area contributed by atoms with E-state index in [2.05, 4.69) is 4.98 Å². The molecule has 6 heteroatoms. The monoisotopic (exact) mass is 293 g/mol. The number of anilines is 1. The maximum absolute atomic E-state index is 12.6. The fourth-order valence-electron chi connectivity index (χ4n) is 2.10. The van der Waals surface area contributed by atoms with Crippen molar-refractivity contribution in [3.05, 3.63) is 23.3 Å². The standard InChI is InChI=1S/C14H19N3O2S/c1-9(2)17(6-3-7-18)14(19)13-12(15)10-4-5-16-8-11(10)20-13/h4-5,8-9,18H,3,6-7,15H2,1-2H3. The van der Waals surface area contributed by atoms with Crippen molar-refractivity contribution in [1.82, 2.24) is 9.88 Å². The summed E-state index contributed by atoms with van der Waals surface area (Å²) in [5.74, 6) is -0.0767. The zero-order valence-corrected chi connectivity index (χ0v) is 12.5. The van der Waals surface area contributed by atoms with E-state index in [-0.39, 0.29) is 18.6 Å². The fourth-order valence-corrected chi connectivity index (χ4v) is 3.14. The molecule has 0 atom stereocenters.